The van der Waals surface area contributed by atoms with E-state index < -0.39 is 58.9 Å². The highest BCUT2D eigenvalue weighted by molar-refractivity contribution is 5.91. The second kappa shape index (κ2) is 24.2. The molecular formula is C48H75N5O10. The first kappa shape index (κ1) is 52.4. The number of hydrogen-bond acceptors (Lipinski definition) is 11. The fraction of sp³-hybridized carbons (Fsp3) is 0.667. The minimum absolute atomic E-state index is 0.0952. The number of hydrogen-bond donors (Lipinski definition) is 5. The van der Waals surface area contributed by atoms with Crippen molar-refractivity contribution in [3.05, 3.63) is 42.0 Å². The molecule has 0 aliphatic heterocycles. The Kier molecular flexibility index (Phi) is 20.2. The zero-order valence-corrected chi connectivity index (χ0v) is 39.6. The number of carbonyl (C=O) groups excluding carboxylic acids is 6. The standard InChI is InChI=1S/C48H75N5O10/c1-46(2,3)61-40(54)24-23-37(44(58)63-48(7,8)9)53-45(59)52-36(43(57)62-47(4,5)6)18-14-15-26-50-42(56)38(51-41(55)33-21-19-31(20-22-33)25-27-49-10)29-32-28-34-16-12-13-17-35(34)39(30-32)60-11/h12-13,16-17,28,30-31,33,36-38,49H,14-15,18-27,29H2,1-11H3,(H,50,56)(H,51,55)(H2,52,53,59)/t31?,33?,36-,37-,38+/m0/s1. The van der Waals surface area contributed by atoms with Gasteiger partial charge in [-0.15, -0.1) is 0 Å². The summed E-state index contributed by atoms with van der Waals surface area (Å²) < 4.78 is 22.2. The third-order valence-electron chi connectivity index (χ3n) is 10.5. The van der Waals surface area contributed by atoms with Gasteiger partial charge in [-0.2, -0.15) is 0 Å². The van der Waals surface area contributed by atoms with Crippen LogP contribution in [0.25, 0.3) is 10.8 Å². The predicted octanol–water partition coefficient (Wildman–Crippen LogP) is 6.42. The van der Waals surface area contributed by atoms with Crippen LogP contribution in [0.2, 0.25) is 0 Å². The summed E-state index contributed by atoms with van der Waals surface area (Å²) in [6.45, 7) is 16.6. The minimum Gasteiger partial charge on any atom is -0.496 e. The number of unbranched alkanes of at least 4 members (excludes halogenated alkanes) is 1. The molecule has 1 fully saturated rings. The lowest BCUT2D eigenvalue weighted by atomic mass is 9.80. The molecule has 0 unspecified atom stereocenters. The monoisotopic (exact) mass is 882 g/mol. The summed E-state index contributed by atoms with van der Waals surface area (Å²) in [5.41, 5.74) is -1.62. The van der Waals surface area contributed by atoms with Crippen LogP contribution in [-0.2, 0) is 44.6 Å². The average molecular weight is 882 g/mol. The van der Waals surface area contributed by atoms with Gasteiger partial charge in [-0.1, -0.05) is 30.3 Å². The minimum atomic E-state index is -1.21. The molecule has 1 aliphatic carbocycles. The first-order chi connectivity index (χ1) is 29.5. The van der Waals surface area contributed by atoms with E-state index in [4.69, 9.17) is 18.9 Å². The summed E-state index contributed by atoms with van der Waals surface area (Å²) in [6.07, 6.45) is 5.54. The molecule has 0 radical (unpaired) electrons. The van der Waals surface area contributed by atoms with Crippen LogP contribution in [-0.4, -0.2) is 97.9 Å². The second-order valence-corrected chi connectivity index (χ2v) is 19.6. The molecule has 352 valence electrons. The summed E-state index contributed by atoms with van der Waals surface area (Å²) >= 11 is 0. The van der Waals surface area contributed by atoms with Crippen molar-refractivity contribution in [1.82, 2.24) is 26.6 Å². The van der Waals surface area contributed by atoms with E-state index in [1.165, 1.54) is 0 Å². The molecule has 4 amide bonds. The molecule has 0 aromatic heterocycles. The van der Waals surface area contributed by atoms with E-state index in [2.05, 4.69) is 26.6 Å². The molecule has 15 nitrogen and oxygen atoms in total. The van der Waals surface area contributed by atoms with Gasteiger partial charge in [0.05, 0.1) is 7.11 Å². The predicted molar refractivity (Wildman–Crippen MR) is 243 cm³/mol. The zero-order valence-electron chi connectivity index (χ0n) is 39.6. The third kappa shape index (κ3) is 19.6. The van der Waals surface area contributed by atoms with Crippen molar-refractivity contribution in [3.63, 3.8) is 0 Å². The summed E-state index contributed by atoms with van der Waals surface area (Å²) in [7, 11) is 3.55. The molecule has 1 aliphatic rings. The van der Waals surface area contributed by atoms with E-state index in [1.54, 1.807) is 69.4 Å². The van der Waals surface area contributed by atoms with E-state index in [0.717, 1.165) is 55.0 Å². The van der Waals surface area contributed by atoms with Gasteiger partial charge in [-0.25, -0.2) is 14.4 Å². The molecule has 1 saturated carbocycles. The van der Waals surface area contributed by atoms with Crippen molar-refractivity contribution in [2.24, 2.45) is 11.8 Å². The van der Waals surface area contributed by atoms with Crippen molar-refractivity contribution in [3.8, 4) is 5.75 Å². The molecule has 15 heteroatoms. The fourth-order valence-electron chi connectivity index (χ4n) is 7.48. The molecule has 0 saturated heterocycles. The van der Waals surface area contributed by atoms with Crippen molar-refractivity contribution in [2.45, 2.75) is 168 Å². The maximum atomic E-state index is 13.9. The Labute approximate surface area is 374 Å². The van der Waals surface area contributed by atoms with Crippen molar-refractivity contribution < 1.29 is 47.7 Å². The van der Waals surface area contributed by atoms with Crippen molar-refractivity contribution in [1.29, 1.82) is 0 Å². The molecule has 3 atom stereocenters. The smallest absolute Gasteiger partial charge is 0.329 e. The van der Waals surface area contributed by atoms with Gasteiger partial charge in [0.15, 0.2) is 0 Å². The quantitative estimate of drug-likeness (QED) is 0.0527. The molecule has 0 spiro atoms. The van der Waals surface area contributed by atoms with Crippen molar-refractivity contribution >= 4 is 46.5 Å². The lowest BCUT2D eigenvalue weighted by molar-refractivity contribution is -0.159. The van der Waals surface area contributed by atoms with Gasteiger partial charge in [0.25, 0.3) is 0 Å². The van der Waals surface area contributed by atoms with E-state index in [9.17, 15) is 28.8 Å². The van der Waals surface area contributed by atoms with Crippen LogP contribution >= 0.6 is 0 Å². The molecular weight excluding hydrogens is 807 g/mol. The summed E-state index contributed by atoms with van der Waals surface area (Å²) in [5, 5.41) is 16.4. The number of nitrogens with one attached hydrogen (secondary N) is 5. The topological polar surface area (TPSA) is 199 Å². The van der Waals surface area contributed by atoms with Crippen LogP contribution in [0.1, 0.15) is 132 Å². The fourth-order valence-corrected chi connectivity index (χ4v) is 7.48. The molecule has 3 rings (SSSR count). The van der Waals surface area contributed by atoms with Crippen LogP contribution in [0, 0.1) is 11.8 Å². The summed E-state index contributed by atoms with van der Waals surface area (Å²) in [5.74, 6) is -1.33. The number of esters is 3. The van der Waals surface area contributed by atoms with Gasteiger partial charge in [0, 0.05) is 30.7 Å². The molecule has 0 bridgehead atoms. The average Bonchev–Trinajstić information content (AvgIpc) is 3.18. The SMILES string of the molecule is CNCCC1CCC(C(=O)N[C@H](Cc2cc(OC)c3ccccc3c2)C(=O)NCCCC[C@H](NC(=O)N[C@@H](CCC(=O)OC(C)(C)C)C(=O)OC(C)(C)C)C(=O)OC(C)(C)C)CC1. The molecule has 2 aromatic rings. The number of urea groups is 1. The van der Waals surface area contributed by atoms with Crippen LogP contribution < -0.4 is 31.3 Å². The Bertz CT molecular complexity index is 1840. The lowest BCUT2D eigenvalue weighted by Crippen LogP contribution is -2.53. The van der Waals surface area contributed by atoms with E-state index in [0.29, 0.717) is 24.5 Å². The second-order valence-electron chi connectivity index (χ2n) is 19.6. The number of methoxy groups -OCH3 is 1. The van der Waals surface area contributed by atoms with E-state index in [-0.39, 0.29) is 50.0 Å². The first-order valence-corrected chi connectivity index (χ1v) is 22.5. The number of rotatable bonds is 21. The largest absolute Gasteiger partial charge is 0.496 e. The van der Waals surface area contributed by atoms with Gasteiger partial charge in [-0.05, 0) is 157 Å². The summed E-state index contributed by atoms with van der Waals surface area (Å²) in [6, 6.07) is 7.75. The highest BCUT2D eigenvalue weighted by Crippen LogP contribution is 2.31. The molecule has 63 heavy (non-hydrogen) atoms. The Hall–Kier alpha value is -4.92. The maximum absolute atomic E-state index is 13.9. The zero-order chi connectivity index (χ0) is 47.0. The van der Waals surface area contributed by atoms with Crippen LogP contribution in [0.3, 0.4) is 0 Å². The number of carbonyl (C=O) groups is 6. The molecule has 2 aromatic carbocycles. The number of benzene rings is 2. The number of amides is 4. The van der Waals surface area contributed by atoms with E-state index in [1.807, 2.05) is 43.4 Å². The molecule has 5 N–H and O–H groups in total. The van der Waals surface area contributed by atoms with Gasteiger partial charge >= 0.3 is 23.9 Å². The highest BCUT2D eigenvalue weighted by atomic mass is 16.6. The number of ether oxygens (including phenoxy) is 4. The Morgan fingerprint density at radius 3 is 1.86 bits per heavy atom. The van der Waals surface area contributed by atoms with Gasteiger partial charge in [0.1, 0.15) is 40.7 Å². The Balaban J connectivity index is 1.69. The summed E-state index contributed by atoms with van der Waals surface area (Å²) in [4.78, 5) is 80.0. The van der Waals surface area contributed by atoms with Crippen LogP contribution in [0.15, 0.2) is 36.4 Å². The van der Waals surface area contributed by atoms with Crippen LogP contribution in [0.5, 0.6) is 5.75 Å². The maximum Gasteiger partial charge on any atom is 0.329 e. The lowest BCUT2D eigenvalue weighted by Gasteiger charge is -2.29. The highest BCUT2D eigenvalue weighted by Gasteiger charge is 2.33. The van der Waals surface area contributed by atoms with E-state index >= 15 is 0 Å². The van der Waals surface area contributed by atoms with Crippen molar-refractivity contribution in [2.75, 3.05) is 27.2 Å². The van der Waals surface area contributed by atoms with Gasteiger partial charge in [-0.3, -0.25) is 14.4 Å². The first-order valence-electron chi connectivity index (χ1n) is 22.5. The molecule has 0 heterocycles. The Morgan fingerprint density at radius 1 is 0.698 bits per heavy atom. The Morgan fingerprint density at radius 2 is 1.29 bits per heavy atom. The van der Waals surface area contributed by atoms with Gasteiger partial charge < -0.3 is 45.5 Å². The number of fused-ring (bicyclic) bond motifs is 1. The van der Waals surface area contributed by atoms with Crippen LogP contribution in [0.4, 0.5) is 4.79 Å². The normalized spacial score (nSPS) is 17.1. The van der Waals surface area contributed by atoms with Gasteiger partial charge in [0.2, 0.25) is 11.8 Å². The third-order valence-corrected chi connectivity index (χ3v) is 10.5.